The fraction of sp³-hybridized carbons (Fsp3) is 0.471. The number of nitrogens with zero attached hydrogens (tertiary/aromatic N) is 1. The molecule has 3 N–H and O–H groups in total. The van der Waals surface area contributed by atoms with Gasteiger partial charge in [-0.2, -0.15) is 0 Å². The Morgan fingerprint density at radius 2 is 2.05 bits per heavy atom. The van der Waals surface area contributed by atoms with Gasteiger partial charge in [0, 0.05) is 17.1 Å². The lowest BCUT2D eigenvalue weighted by Gasteiger charge is -2.22. The van der Waals surface area contributed by atoms with Crippen molar-refractivity contribution in [2.75, 3.05) is 0 Å². The number of hydrogen-bond donors (Lipinski definition) is 2. The van der Waals surface area contributed by atoms with Crippen LogP contribution in [0.3, 0.4) is 0 Å². The minimum atomic E-state index is 0.183. The molecular weight excluding hydrogens is 246 g/mol. The number of pyridine rings is 1. The summed E-state index contributed by atoms with van der Waals surface area (Å²) in [4.78, 5) is 4.60. The number of rotatable bonds is 6. The second kappa shape index (κ2) is 6.82. The highest BCUT2D eigenvalue weighted by molar-refractivity contribution is 5.82. The van der Waals surface area contributed by atoms with Gasteiger partial charge in [-0.1, -0.05) is 44.9 Å². The summed E-state index contributed by atoms with van der Waals surface area (Å²) in [5.41, 5.74) is 6.35. The number of aryl methyl sites for hydroxylation is 1. The van der Waals surface area contributed by atoms with Crippen LogP contribution in [0.15, 0.2) is 30.3 Å². The number of benzene rings is 1. The van der Waals surface area contributed by atoms with Crippen LogP contribution in [0.1, 0.15) is 50.4 Å². The first kappa shape index (κ1) is 14.9. The molecule has 1 aromatic carbocycles. The van der Waals surface area contributed by atoms with E-state index in [9.17, 15) is 0 Å². The molecule has 2 rings (SSSR count). The molecule has 0 saturated carbocycles. The van der Waals surface area contributed by atoms with Gasteiger partial charge < -0.3 is 0 Å². The molecule has 108 valence electrons. The van der Waals surface area contributed by atoms with Gasteiger partial charge in [0.15, 0.2) is 0 Å². The molecule has 1 aromatic heterocycles. The molecular formula is C17H25N3. The molecule has 2 aromatic rings. The molecule has 3 heteroatoms. The van der Waals surface area contributed by atoms with Crippen molar-refractivity contribution >= 4 is 10.9 Å². The first-order chi connectivity index (χ1) is 9.65. The van der Waals surface area contributed by atoms with Gasteiger partial charge in [0.05, 0.1) is 5.52 Å². The van der Waals surface area contributed by atoms with E-state index >= 15 is 0 Å². The second-order valence-corrected chi connectivity index (χ2v) is 5.72. The molecule has 0 aliphatic heterocycles. The van der Waals surface area contributed by atoms with Crippen molar-refractivity contribution in [2.45, 2.75) is 46.1 Å². The number of nitrogens with one attached hydrogen (secondary N) is 1. The van der Waals surface area contributed by atoms with E-state index in [0.29, 0.717) is 5.92 Å². The largest absolute Gasteiger partial charge is 0.271 e. The monoisotopic (exact) mass is 271 g/mol. The highest BCUT2D eigenvalue weighted by atomic mass is 15.2. The zero-order valence-electron chi connectivity index (χ0n) is 12.7. The van der Waals surface area contributed by atoms with Crippen molar-refractivity contribution in [1.29, 1.82) is 0 Å². The van der Waals surface area contributed by atoms with Gasteiger partial charge >= 0.3 is 0 Å². The summed E-state index contributed by atoms with van der Waals surface area (Å²) in [5.74, 6) is 6.48. The molecule has 0 aliphatic rings. The lowest BCUT2D eigenvalue weighted by molar-refractivity contribution is 0.396. The van der Waals surface area contributed by atoms with Crippen molar-refractivity contribution in [3.05, 3.63) is 41.6 Å². The lowest BCUT2D eigenvalue weighted by atomic mass is 9.91. The van der Waals surface area contributed by atoms with Gasteiger partial charge in [-0.25, -0.2) is 0 Å². The van der Waals surface area contributed by atoms with Gasteiger partial charge in [0.1, 0.15) is 0 Å². The maximum atomic E-state index is 5.82. The molecule has 1 heterocycles. The summed E-state index contributed by atoms with van der Waals surface area (Å²) in [6.45, 7) is 6.57. The average molecular weight is 271 g/mol. The van der Waals surface area contributed by atoms with E-state index in [1.807, 2.05) is 13.0 Å². The van der Waals surface area contributed by atoms with Crippen molar-refractivity contribution < 1.29 is 0 Å². The zero-order chi connectivity index (χ0) is 14.5. The maximum absolute atomic E-state index is 5.82. The van der Waals surface area contributed by atoms with Gasteiger partial charge in [-0.3, -0.25) is 16.3 Å². The first-order valence-corrected chi connectivity index (χ1v) is 7.48. The van der Waals surface area contributed by atoms with E-state index in [2.05, 4.69) is 48.5 Å². The Morgan fingerprint density at radius 1 is 1.30 bits per heavy atom. The van der Waals surface area contributed by atoms with Gasteiger partial charge in [-0.15, -0.1) is 0 Å². The summed E-state index contributed by atoms with van der Waals surface area (Å²) in [5, 5.41) is 1.20. The van der Waals surface area contributed by atoms with E-state index in [4.69, 9.17) is 5.84 Å². The molecule has 0 saturated heterocycles. The van der Waals surface area contributed by atoms with Gasteiger partial charge in [0.2, 0.25) is 0 Å². The first-order valence-electron chi connectivity index (χ1n) is 7.48. The fourth-order valence-corrected chi connectivity index (χ4v) is 2.93. The Hall–Kier alpha value is -1.45. The molecule has 2 unspecified atom stereocenters. The molecule has 0 aliphatic carbocycles. The highest BCUT2D eigenvalue weighted by Gasteiger charge is 2.17. The summed E-state index contributed by atoms with van der Waals surface area (Å²) in [6, 6.07) is 10.6. The third-order valence-electron chi connectivity index (χ3n) is 3.87. The van der Waals surface area contributed by atoms with Crippen LogP contribution in [0.2, 0.25) is 0 Å². The Morgan fingerprint density at radius 3 is 2.75 bits per heavy atom. The molecule has 0 bridgehead atoms. The summed E-state index contributed by atoms with van der Waals surface area (Å²) in [7, 11) is 0. The van der Waals surface area contributed by atoms with Crippen LogP contribution in [0.4, 0.5) is 0 Å². The fourth-order valence-electron chi connectivity index (χ4n) is 2.93. The predicted molar refractivity (Wildman–Crippen MR) is 85.2 cm³/mol. The number of nitrogens with two attached hydrogens (primary N) is 1. The van der Waals surface area contributed by atoms with E-state index in [-0.39, 0.29) is 6.04 Å². The standard InChI is InChI=1S/C17H25N3/c1-4-7-12(2)10-17(20-18)15-11-13(3)19-16-9-6-5-8-14(15)16/h5-6,8-9,11-12,17,20H,4,7,10,18H2,1-3H3. The summed E-state index contributed by atoms with van der Waals surface area (Å²) in [6.07, 6.45) is 3.51. The van der Waals surface area contributed by atoms with Crippen molar-refractivity contribution in [1.82, 2.24) is 10.4 Å². The molecule has 2 atom stereocenters. The minimum Gasteiger partial charge on any atom is -0.271 e. The Kier molecular flexibility index (Phi) is 5.10. The van der Waals surface area contributed by atoms with Crippen molar-refractivity contribution in [3.63, 3.8) is 0 Å². The molecule has 0 amide bonds. The Labute approximate surface area is 121 Å². The molecule has 0 radical (unpaired) electrons. The molecule has 0 spiro atoms. The van der Waals surface area contributed by atoms with Crippen LogP contribution in [0.5, 0.6) is 0 Å². The summed E-state index contributed by atoms with van der Waals surface area (Å²) >= 11 is 0. The lowest BCUT2D eigenvalue weighted by Crippen LogP contribution is -2.29. The number of aromatic nitrogens is 1. The number of hydrazine groups is 1. The van der Waals surface area contributed by atoms with Crippen molar-refractivity contribution in [3.8, 4) is 0 Å². The average Bonchev–Trinajstić information content (AvgIpc) is 2.44. The van der Waals surface area contributed by atoms with Crippen LogP contribution in [-0.4, -0.2) is 4.98 Å². The quantitative estimate of drug-likeness (QED) is 0.619. The smallest absolute Gasteiger partial charge is 0.0708 e. The second-order valence-electron chi connectivity index (χ2n) is 5.72. The third kappa shape index (κ3) is 3.35. The molecule has 20 heavy (non-hydrogen) atoms. The van der Waals surface area contributed by atoms with E-state index < -0.39 is 0 Å². The predicted octanol–water partition coefficient (Wildman–Crippen LogP) is 3.87. The van der Waals surface area contributed by atoms with Crippen LogP contribution in [-0.2, 0) is 0 Å². The topological polar surface area (TPSA) is 50.9 Å². The summed E-state index contributed by atoms with van der Waals surface area (Å²) < 4.78 is 0. The van der Waals surface area contributed by atoms with E-state index in [1.54, 1.807) is 0 Å². The van der Waals surface area contributed by atoms with Crippen LogP contribution in [0.25, 0.3) is 10.9 Å². The number of para-hydroxylation sites is 1. The van der Waals surface area contributed by atoms with Gasteiger partial charge in [-0.05, 0) is 37.0 Å². The number of fused-ring (bicyclic) bond motifs is 1. The van der Waals surface area contributed by atoms with Crippen LogP contribution >= 0.6 is 0 Å². The minimum absolute atomic E-state index is 0.183. The molecule has 3 nitrogen and oxygen atoms in total. The molecule has 0 fully saturated rings. The Bertz CT molecular complexity index is 565. The van der Waals surface area contributed by atoms with Crippen molar-refractivity contribution in [2.24, 2.45) is 11.8 Å². The van der Waals surface area contributed by atoms with E-state index in [0.717, 1.165) is 17.6 Å². The normalized spacial score (nSPS) is 14.4. The number of hydrogen-bond acceptors (Lipinski definition) is 3. The SMILES string of the molecule is CCCC(C)CC(NN)c1cc(C)nc2ccccc12. The maximum Gasteiger partial charge on any atom is 0.0708 e. The highest BCUT2D eigenvalue weighted by Crippen LogP contribution is 2.29. The zero-order valence-corrected chi connectivity index (χ0v) is 12.7. The van der Waals surface area contributed by atoms with Crippen LogP contribution in [0, 0.1) is 12.8 Å². The van der Waals surface area contributed by atoms with Gasteiger partial charge in [0.25, 0.3) is 0 Å². The van der Waals surface area contributed by atoms with Crippen LogP contribution < -0.4 is 11.3 Å². The van der Waals surface area contributed by atoms with E-state index in [1.165, 1.54) is 23.8 Å². The Balaban J connectivity index is 2.38. The third-order valence-corrected chi connectivity index (χ3v) is 3.87.